The predicted octanol–water partition coefficient (Wildman–Crippen LogP) is 5.22. The number of hydrogen-bond acceptors (Lipinski definition) is 5. The molecule has 1 heterocycles. The molecule has 0 fully saturated rings. The van der Waals surface area contributed by atoms with Crippen LogP contribution in [0.1, 0.15) is 64.5 Å². The Morgan fingerprint density at radius 1 is 1.17 bits per heavy atom. The number of rotatable bonds is 8. The van der Waals surface area contributed by atoms with Gasteiger partial charge in [-0.15, -0.1) is 11.3 Å². The van der Waals surface area contributed by atoms with Crippen molar-refractivity contribution in [1.82, 2.24) is 0 Å². The number of carbonyl (C=O) groups is 2. The Labute approximate surface area is 176 Å². The number of esters is 1. The van der Waals surface area contributed by atoms with Gasteiger partial charge in [-0.2, -0.15) is 0 Å². The number of amides is 1. The van der Waals surface area contributed by atoms with Crippen molar-refractivity contribution in [2.24, 2.45) is 0 Å². The molecule has 6 heteroatoms. The minimum Gasteiger partial charge on any atom is -0.493 e. The summed E-state index contributed by atoms with van der Waals surface area (Å²) in [6.07, 6.45) is 4.98. The minimum atomic E-state index is -0.333. The van der Waals surface area contributed by atoms with E-state index in [9.17, 15) is 9.59 Å². The Morgan fingerprint density at radius 3 is 2.76 bits per heavy atom. The van der Waals surface area contributed by atoms with E-state index < -0.39 is 0 Å². The number of thiophene rings is 1. The summed E-state index contributed by atoms with van der Waals surface area (Å²) in [7, 11) is 0. The SMILES string of the molecule is CCOC(=O)c1c(NC(=O)CCCOc2cc(C)ccc2C)sc2c1CCCC2. The molecule has 0 radical (unpaired) electrons. The van der Waals surface area contributed by atoms with Gasteiger partial charge in [0, 0.05) is 11.3 Å². The fourth-order valence-electron chi connectivity index (χ4n) is 3.54. The standard InChI is InChI=1S/C23H29NO4S/c1-4-27-23(26)21-17-8-5-6-9-19(17)29-22(21)24-20(25)10-7-13-28-18-14-15(2)11-12-16(18)3/h11-12,14H,4-10,13H2,1-3H3,(H,24,25). The fraction of sp³-hybridized carbons (Fsp3) is 0.478. The van der Waals surface area contributed by atoms with Gasteiger partial charge in [-0.3, -0.25) is 4.79 Å². The lowest BCUT2D eigenvalue weighted by molar-refractivity contribution is -0.116. The first-order chi connectivity index (χ1) is 14.0. The third-order valence-corrected chi connectivity index (χ3v) is 6.26. The Kier molecular flexibility index (Phi) is 7.31. The lowest BCUT2D eigenvalue weighted by atomic mass is 9.95. The molecule has 3 rings (SSSR count). The van der Waals surface area contributed by atoms with Crippen LogP contribution < -0.4 is 10.1 Å². The number of aryl methyl sites for hydroxylation is 3. The van der Waals surface area contributed by atoms with Crippen LogP contribution in [0.2, 0.25) is 0 Å². The number of ether oxygens (including phenoxy) is 2. The maximum Gasteiger partial charge on any atom is 0.341 e. The lowest BCUT2D eigenvalue weighted by Gasteiger charge is -2.12. The van der Waals surface area contributed by atoms with Crippen LogP contribution in [0.3, 0.4) is 0 Å². The summed E-state index contributed by atoms with van der Waals surface area (Å²) >= 11 is 1.52. The zero-order chi connectivity index (χ0) is 20.8. The summed E-state index contributed by atoms with van der Waals surface area (Å²) in [5, 5.41) is 3.58. The Balaban J connectivity index is 1.58. The largest absolute Gasteiger partial charge is 0.493 e. The molecule has 29 heavy (non-hydrogen) atoms. The van der Waals surface area contributed by atoms with E-state index in [2.05, 4.69) is 11.4 Å². The van der Waals surface area contributed by atoms with Gasteiger partial charge in [0.1, 0.15) is 10.8 Å². The van der Waals surface area contributed by atoms with Gasteiger partial charge in [0.25, 0.3) is 0 Å². The smallest absolute Gasteiger partial charge is 0.341 e. The topological polar surface area (TPSA) is 64.6 Å². The molecule has 5 nitrogen and oxygen atoms in total. The molecule has 0 saturated heterocycles. The van der Waals surface area contributed by atoms with Crippen molar-refractivity contribution in [3.8, 4) is 5.75 Å². The van der Waals surface area contributed by atoms with Gasteiger partial charge in [0.2, 0.25) is 5.91 Å². The monoisotopic (exact) mass is 415 g/mol. The first-order valence-electron chi connectivity index (χ1n) is 10.3. The number of nitrogens with one attached hydrogen (secondary N) is 1. The number of fused-ring (bicyclic) bond motifs is 1. The molecule has 0 saturated carbocycles. The third-order valence-electron chi connectivity index (χ3n) is 5.05. The Hall–Kier alpha value is -2.34. The average molecular weight is 416 g/mol. The van der Waals surface area contributed by atoms with E-state index >= 15 is 0 Å². The Morgan fingerprint density at radius 2 is 1.97 bits per heavy atom. The molecular weight excluding hydrogens is 386 g/mol. The van der Waals surface area contributed by atoms with Gasteiger partial charge in [-0.05, 0) is 75.6 Å². The molecule has 1 aromatic heterocycles. The summed E-state index contributed by atoms with van der Waals surface area (Å²) in [4.78, 5) is 26.1. The second-order valence-corrected chi connectivity index (χ2v) is 8.51. The molecule has 1 aliphatic rings. The van der Waals surface area contributed by atoms with Gasteiger partial charge in [0.15, 0.2) is 0 Å². The van der Waals surface area contributed by atoms with Gasteiger partial charge < -0.3 is 14.8 Å². The minimum absolute atomic E-state index is 0.0984. The van der Waals surface area contributed by atoms with E-state index in [1.54, 1.807) is 6.92 Å². The van der Waals surface area contributed by atoms with Crippen LogP contribution in [0.15, 0.2) is 18.2 Å². The van der Waals surface area contributed by atoms with Gasteiger partial charge in [-0.1, -0.05) is 12.1 Å². The van der Waals surface area contributed by atoms with Crippen molar-refractivity contribution < 1.29 is 19.1 Å². The lowest BCUT2D eigenvalue weighted by Crippen LogP contribution is -2.16. The first-order valence-corrected chi connectivity index (χ1v) is 11.1. The number of hydrogen-bond donors (Lipinski definition) is 1. The molecule has 0 aliphatic heterocycles. The quantitative estimate of drug-likeness (QED) is 0.474. The van der Waals surface area contributed by atoms with Crippen molar-refractivity contribution >= 4 is 28.2 Å². The Bertz CT molecular complexity index is 887. The highest BCUT2D eigenvalue weighted by Gasteiger charge is 2.27. The summed E-state index contributed by atoms with van der Waals surface area (Å²) in [5.74, 6) is 0.431. The highest BCUT2D eigenvalue weighted by molar-refractivity contribution is 7.17. The normalized spacial score (nSPS) is 12.9. The van der Waals surface area contributed by atoms with Crippen LogP contribution in [-0.2, 0) is 22.4 Å². The average Bonchev–Trinajstić information content (AvgIpc) is 3.05. The van der Waals surface area contributed by atoms with E-state index in [0.717, 1.165) is 48.1 Å². The highest BCUT2D eigenvalue weighted by Crippen LogP contribution is 2.38. The van der Waals surface area contributed by atoms with Crippen LogP contribution >= 0.6 is 11.3 Å². The zero-order valence-electron chi connectivity index (χ0n) is 17.4. The molecule has 0 atom stereocenters. The molecule has 156 valence electrons. The van der Waals surface area contributed by atoms with Gasteiger partial charge >= 0.3 is 5.97 Å². The van der Waals surface area contributed by atoms with Crippen molar-refractivity contribution in [2.75, 3.05) is 18.5 Å². The summed E-state index contributed by atoms with van der Waals surface area (Å²) in [6.45, 7) is 6.64. The maximum absolute atomic E-state index is 12.5. The number of anilines is 1. The fourth-order valence-corrected chi connectivity index (χ4v) is 4.83. The molecule has 1 amide bonds. The predicted molar refractivity (Wildman–Crippen MR) is 116 cm³/mol. The van der Waals surface area contributed by atoms with Crippen LogP contribution in [0.4, 0.5) is 5.00 Å². The number of carbonyl (C=O) groups excluding carboxylic acids is 2. The van der Waals surface area contributed by atoms with Crippen molar-refractivity contribution in [3.63, 3.8) is 0 Å². The second-order valence-electron chi connectivity index (χ2n) is 7.40. The molecular formula is C23H29NO4S. The van der Waals surface area contributed by atoms with E-state index in [4.69, 9.17) is 9.47 Å². The summed E-state index contributed by atoms with van der Waals surface area (Å²) in [6, 6.07) is 6.10. The molecule has 1 aliphatic carbocycles. The highest BCUT2D eigenvalue weighted by atomic mass is 32.1. The van der Waals surface area contributed by atoms with Crippen molar-refractivity contribution in [2.45, 2.75) is 59.3 Å². The van der Waals surface area contributed by atoms with Crippen molar-refractivity contribution in [1.29, 1.82) is 0 Å². The summed E-state index contributed by atoms with van der Waals surface area (Å²) < 4.78 is 11.1. The van der Waals surface area contributed by atoms with Gasteiger partial charge in [0.05, 0.1) is 18.8 Å². The van der Waals surface area contributed by atoms with E-state index in [1.165, 1.54) is 16.2 Å². The molecule has 1 N–H and O–H groups in total. The van der Waals surface area contributed by atoms with E-state index in [0.29, 0.717) is 36.6 Å². The zero-order valence-corrected chi connectivity index (χ0v) is 18.2. The van der Waals surface area contributed by atoms with Crippen LogP contribution in [0.5, 0.6) is 5.75 Å². The van der Waals surface area contributed by atoms with Crippen molar-refractivity contribution in [3.05, 3.63) is 45.3 Å². The van der Waals surface area contributed by atoms with Crippen LogP contribution in [0, 0.1) is 13.8 Å². The third kappa shape index (κ3) is 5.38. The number of benzene rings is 1. The molecule has 0 bridgehead atoms. The molecule has 0 spiro atoms. The molecule has 1 aromatic carbocycles. The first kappa shape index (κ1) is 21.4. The molecule has 0 unspecified atom stereocenters. The summed E-state index contributed by atoms with van der Waals surface area (Å²) in [5.41, 5.74) is 3.86. The van der Waals surface area contributed by atoms with E-state index in [-0.39, 0.29) is 11.9 Å². The second kappa shape index (κ2) is 9.92. The van der Waals surface area contributed by atoms with E-state index in [1.807, 2.05) is 26.0 Å². The maximum atomic E-state index is 12.5. The molecule has 2 aromatic rings. The van der Waals surface area contributed by atoms with Crippen LogP contribution in [-0.4, -0.2) is 25.1 Å². The van der Waals surface area contributed by atoms with Gasteiger partial charge in [-0.25, -0.2) is 4.79 Å². The van der Waals surface area contributed by atoms with Crippen LogP contribution in [0.25, 0.3) is 0 Å².